The molecule has 0 aliphatic rings. The van der Waals surface area contributed by atoms with Gasteiger partial charge in [-0.1, -0.05) is 30.3 Å². The molecule has 0 saturated heterocycles. The fourth-order valence-corrected chi connectivity index (χ4v) is 2.37. The maximum absolute atomic E-state index is 12.2. The van der Waals surface area contributed by atoms with E-state index in [1.165, 1.54) is 13.3 Å². The maximum atomic E-state index is 12.2. The lowest BCUT2D eigenvalue weighted by molar-refractivity contribution is -0.146. The molecule has 2 rings (SSSR count). The van der Waals surface area contributed by atoms with Gasteiger partial charge in [0.05, 0.1) is 18.6 Å². The lowest BCUT2D eigenvalue weighted by Gasteiger charge is -2.23. The summed E-state index contributed by atoms with van der Waals surface area (Å²) >= 11 is 0. The van der Waals surface area contributed by atoms with Crippen molar-refractivity contribution in [1.82, 2.24) is 10.3 Å². The third-order valence-corrected chi connectivity index (χ3v) is 3.69. The number of carbonyl (C=O) groups is 2. The number of ether oxygens (including phenoxy) is 1. The first-order valence-corrected chi connectivity index (χ1v) is 7.44. The summed E-state index contributed by atoms with van der Waals surface area (Å²) in [5.41, 5.74) is 1.48. The molecule has 1 heterocycles. The zero-order valence-electron chi connectivity index (χ0n) is 13.2. The third kappa shape index (κ3) is 4.64. The molecule has 0 aliphatic carbocycles. The smallest absolute Gasteiger partial charge is 0.311 e. The first kappa shape index (κ1) is 16.7. The number of benzene rings is 1. The molecular weight excluding hydrogens is 292 g/mol. The fraction of sp³-hybridized carbons (Fsp3) is 0.278. The van der Waals surface area contributed by atoms with E-state index in [4.69, 9.17) is 4.74 Å². The molecule has 1 amide bonds. The number of methoxy groups -OCH3 is 1. The Bertz CT molecular complexity index is 644. The summed E-state index contributed by atoms with van der Waals surface area (Å²) in [6.45, 7) is 1.80. The zero-order valence-corrected chi connectivity index (χ0v) is 13.2. The van der Waals surface area contributed by atoms with Crippen LogP contribution < -0.4 is 5.32 Å². The Morgan fingerprint density at radius 1 is 1.17 bits per heavy atom. The van der Waals surface area contributed by atoms with Crippen LogP contribution in [0.3, 0.4) is 0 Å². The van der Waals surface area contributed by atoms with Crippen LogP contribution in [-0.2, 0) is 16.0 Å². The Hall–Kier alpha value is -2.69. The summed E-state index contributed by atoms with van der Waals surface area (Å²) < 4.78 is 4.89. The summed E-state index contributed by atoms with van der Waals surface area (Å²) in [4.78, 5) is 28.2. The van der Waals surface area contributed by atoms with Crippen molar-refractivity contribution < 1.29 is 14.3 Å². The van der Waals surface area contributed by atoms with E-state index in [1.807, 2.05) is 30.3 Å². The standard InChI is InChI=1S/C18H20N2O3/c1-13(20-17(21)15-9-6-10-19-12-15)16(18(22)23-2)11-14-7-4-3-5-8-14/h3-10,12-13,16H,11H2,1-2H3,(H,20,21)/t13-,16-/m1/s1. The van der Waals surface area contributed by atoms with Gasteiger partial charge in [-0.05, 0) is 31.0 Å². The van der Waals surface area contributed by atoms with Crippen molar-refractivity contribution in [2.24, 2.45) is 5.92 Å². The molecule has 0 unspecified atom stereocenters. The van der Waals surface area contributed by atoms with Crippen molar-refractivity contribution in [1.29, 1.82) is 0 Å². The Balaban J connectivity index is 2.09. The van der Waals surface area contributed by atoms with Gasteiger partial charge in [-0.15, -0.1) is 0 Å². The van der Waals surface area contributed by atoms with Gasteiger partial charge >= 0.3 is 5.97 Å². The predicted octanol–water partition coefficient (Wildman–Crippen LogP) is 2.23. The van der Waals surface area contributed by atoms with Gasteiger partial charge in [0.1, 0.15) is 0 Å². The first-order valence-electron chi connectivity index (χ1n) is 7.44. The van der Waals surface area contributed by atoms with Gasteiger partial charge in [0.2, 0.25) is 0 Å². The topological polar surface area (TPSA) is 68.3 Å². The number of carbonyl (C=O) groups excluding carboxylic acids is 2. The van der Waals surface area contributed by atoms with E-state index in [-0.39, 0.29) is 17.9 Å². The van der Waals surface area contributed by atoms with E-state index in [9.17, 15) is 9.59 Å². The average molecular weight is 312 g/mol. The number of nitrogens with one attached hydrogen (secondary N) is 1. The monoisotopic (exact) mass is 312 g/mol. The van der Waals surface area contributed by atoms with Gasteiger partial charge in [-0.2, -0.15) is 0 Å². The number of hydrogen-bond donors (Lipinski definition) is 1. The molecule has 0 saturated carbocycles. The van der Waals surface area contributed by atoms with Crippen LogP contribution in [-0.4, -0.2) is 30.0 Å². The lowest BCUT2D eigenvalue weighted by atomic mass is 9.93. The van der Waals surface area contributed by atoms with Gasteiger partial charge < -0.3 is 10.1 Å². The first-order chi connectivity index (χ1) is 11.1. The lowest BCUT2D eigenvalue weighted by Crippen LogP contribution is -2.42. The van der Waals surface area contributed by atoms with Gasteiger partial charge in [0.25, 0.3) is 5.91 Å². The second-order valence-electron chi connectivity index (χ2n) is 5.32. The quantitative estimate of drug-likeness (QED) is 0.831. The summed E-state index contributed by atoms with van der Waals surface area (Å²) in [7, 11) is 1.36. The average Bonchev–Trinajstić information content (AvgIpc) is 2.60. The maximum Gasteiger partial charge on any atom is 0.311 e. The fourth-order valence-electron chi connectivity index (χ4n) is 2.37. The van der Waals surface area contributed by atoms with Crippen LogP contribution in [0.5, 0.6) is 0 Å². The summed E-state index contributed by atoms with van der Waals surface area (Å²) in [6, 6.07) is 12.7. The minimum Gasteiger partial charge on any atom is -0.469 e. The van der Waals surface area contributed by atoms with E-state index >= 15 is 0 Å². The van der Waals surface area contributed by atoms with Crippen LogP contribution in [0, 0.1) is 5.92 Å². The molecule has 120 valence electrons. The van der Waals surface area contributed by atoms with Crippen LogP contribution >= 0.6 is 0 Å². The molecular formula is C18H20N2O3. The van der Waals surface area contributed by atoms with Gasteiger partial charge in [0.15, 0.2) is 0 Å². The minimum atomic E-state index is -0.456. The second-order valence-corrected chi connectivity index (χ2v) is 5.32. The Labute approximate surface area is 135 Å². The van der Waals surface area contributed by atoms with Crippen LogP contribution in [0.1, 0.15) is 22.8 Å². The normalized spacial score (nSPS) is 13.0. The number of aromatic nitrogens is 1. The van der Waals surface area contributed by atoms with E-state index in [1.54, 1.807) is 25.3 Å². The van der Waals surface area contributed by atoms with Crippen molar-refractivity contribution >= 4 is 11.9 Å². The molecule has 0 bridgehead atoms. The van der Waals surface area contributed by atoms with Crippen molar-refractivity contribution in [3.63, 3.8) is 0 Å². The third-order valence-electron chi connectivity index (χ3n) is 3.69. The van der Waals surface area contributed by atoms with Crippen LogP contribution in [0.15, 0.2) is 54.9 Å². The van der Waals surface area contributed by atoms with Crippen LogP contribution in [0.2, 0.25) is 0 Å². The molecule has 0 aliphatic heterocycles. The highest BCUT2D eigenvalue weighted by molar-refractivity contribution is 5.94. The van der Waals surface area contributed by atoms with Crippen molar-refractivity contribution in [2.45, 2.75) is 19.4 Å². The van der Waals surface area contributed by atoms with E-state index in [0.29, 0.717) is 12.0 Å². The SMILES string of the molecule is COC(=O)[C@H](Cc1ccccc1)[C@@H](C)NC(=O)c1cccnc1. The second kappa shape index (κ2) is 8.08. The van der Waals surface area contributed by atoms with Gasteiger partial charge in [-0.25, -0.2) is 0 Å². The number of esters is 1. The van der Waals surface area contributed by atoms with Crippen LogP contribution in [0.4, 0.5) is 0 Å². The summed E-state index contributed by atoms with van der Waals surface area (Å²) in [5, 5.41) is 2.85. The number of amides is 1. The molecule has 1 aromatic carbocycles. The van der Waals surface area contributed by atoms with Gasteiger partial charge in [-0.3, -0.25) is 14.6 Å². The molecule has 1 aromatic heterocycles. The van der Waals surface area contributed by atoms with Crippen molar-refractivity contribution in [2.75, 3.05) is 7.11 Å². The molecule has 0 fully saturated rings. The van der Waals surface area contributed by atoms with E-state index < -0.39 is 5.92 Å². The molecule has 2 aromatic rings. The number of hydrogen-bond acceptors (Lipinski definition) is 4. The van der Waals surface area contributed by atoms with E-state index in [2.05, 4.69) is 10.3 Å². The number of rotatable bonds is 6. The number of pyridine rings is 1. The highest BCUT2D eigenvalue weighted by Crippen LogP contribution is 2.15. The predicted molar refractivity (Wildman–Crippen MR) is 86.8 cm³/mol. The van der Waals surface area contributed by atoms with E-state index in [0.717, 1.165) is 5.56 Å². The summed E-state index contributed by atoms with van der Waals surface area (Å²) in [6.07, 6.45) is 3.60. The summed E-state index contributed by atoms with van der Waals surface area (Å²) in [5.74, 6) is -1.05. The van der Waals surface area contributed by atoms with Crippen LogP contribution in [0.25, 0.3) is 0 Å². The molecule has 5 nitrogen and oxygen atoms in total. The molecule has 2 atom stereocenters. The Morgan fingerprint density at radius 3 is 2.52 bits per heavy atom. The zero-order chi connectivity index (χ0) is 16.7. The van der Waals surface area contributed by atoms with Crippen molar-refractivity contribution in [3.05, 3.63) is 66.0 Å². The Morgan fingerprint density at radius 2 is 1.91 bits per heavy atom. The minimum absolute atomic E-state index is 0.257. The molecule has 1 N–H and O–H groups in total. The van der Waals surface area contributed by atoms with Gasteiger partial charge in [0, 0.05) is 18.4 Å². The highest BCUT2D eigenvalue weighted by atomic mass is 16.5. The Kier molecular flexibility index (Phi) is 5.86. The number of nitrogens with zero attached hydrogens (tertiary/aromatic N) is 1. The van der Waals surface area contributed by atoms with Crippen molar-refractivity contribution in [3.8, 4) is 0 Å². The largest absolute Gasteiger partial charge is 0.469 e. The molecule has 0 radical (unpaired) electrons. The molecule has 5 heteroatoms. The molecule has 23 heavy (non-hydrogen) atoms. The highest BCUT2D eigenvalue weighted by Gasteiger charge is 2.27. The molecule has 0 spiro atoms.